The van der Waals surface area contributed by atoms with Crippen molar-refractivity contribution in [2.75, 3.05) is 0 Å². The molecule has 9 heavy (non-hydrogen) atoms. The largest absolute Gasteiger partial charge is 0.236 e. The van der Waals surface area contributed by atoms with E-state index < -0.39 is 6.17 Å². The fourth-order valence-electron chi connectivity index (χ4n) is 0.610. The molecule has 0 nitrogen and oxygen atoms in total. The van der Waals surface area contributed by atoms with Gasteiger partial charge in [-0.15, -0.1) is 0 Å². The molecule has 0 radical (unpaired) electrons. The molecule has 1 aliphatic rings. The Labute approximate surface area is 58.3 Å². The van der Waals surface area contributed by atoms with Crippen LogP contribution in [0.4, 0.5) is 4.39 Å². The Balaban J connectivity index is 2.86. The zero-order chi connectivity index (χ0) is 6.85. The second-order valence-electron chi connectivity index (χ2n) is 1.85. The monoisotopic (exact) mass is 144 g/mol. The maximum absolute atomic E-state index is 12.6. The Kier molecular flexibility index (Phi) is 1.72. The molecule has 0 bridgehead atoms. The summed E-state index contributed by atoms with van der Waals surface area (Å²) < 4.78 is 12.6. The lowest BCUT2D eigenvalue weighted by atomic mass is 10.1. The Morgan fingerprint density at radius 3 is 2.78 bits per heavy atom. The molecule has 1 rings (SSSR count). The van der Waals surface area contributed by atoms with E-state index in [9.17, 15) is 4.39 Å². The molecule has 0 saturated carbocycles. The van der Waals surface area contributed by atoms with Crippen LogP contribution in [-0.2, 0) is 0 Å². The number of hydrogen-bond donors (Lipinski definition) is 0. The SMILES string of the molecule is C=C1C=CC=C(Cl)C1F. The van der Waals surface area contributed by atoms with Gasteiger partial charge < -0.3 is 0 Å². The number of alkyl halides is 1. The van der Waals surface area contributed by atoms with Crippen LogP contribution in [0.3, 0.4) is 0 Å². The Bertz CT molecular complexity index is 191. The molecular formula is C7H6ClF. The van der Waals surface area contributed by atoms with Crippen molar-refractivity contribution in [2.45, 2.75) is 6.17 Å². The van der Waals surface area contributed by atoms with E-state index >= 15 is 0 Å². The highest BCUT2D eigenvalue weighted by molar-refractivity contribution is 6.30. The first-order chi connectivity index (χ1) is 4.22. The molecule has 1 unspecified atom stereocenters. The van der Waals surface area contributed by atoms with Gasteiger partial charge in [0.15, 0.2) is 6.17 Å². The summed E-state index contributed by atoms with van der Waals surface area (Å²) in [4.78, 5) is 0. The highest BCUT2D eigenvalue weighted by Gasteiger charge is 2.14. The summed E-state index contributed by atoms with van der Waals surface area (Å²) in [5.41, 5.74) is 0.419. The molecule has 0 aliphatic heterocycles. The van der Waals surface area contributed by atoms with Crippen molar-refractivity contribution in [3.63, 3.8) is 0 Å². The van der Waals surface area contributed by atoms with Crippen molar-refractivity contribution in [1.29, 1.82) is 0 Å². The molecule has 0 amide bonds. The molecule has 0 aromatic rings. The maximum Gasteiger partial charge on any atom is 0.160 e. The third-order valence-corrected chi connectivity index (χ3v) is 1.45. The predicted molar refractivity (Wildman–Crippen MR) is 37.1 cm³/mol. The zero-order valence-corrected chi connectivity index (χ0v) is 5.53. The van der Waals surface area contributed by atoms with E-state index in [0.29, 0.717) is 5.57 Å². The Morgan fingerprint density at radius 2 is 2.33 bits per heavy atom. The molecule has 0 N–H and O–H groups in total. The van der Waals surface area contributed by atoms with Gasteiger partial charge in [0.05, 0.1) is 5.03 Å². The average molecular weight is 145 g/mol. The molecule has 1 aliphatic carbocycles. The third kappa shape index (κ3) is 1.22. The van der Waals surface area contributed by atoms with Crippen molar-refractivity contribution in [2.24, 2.45) is 0 Å². The summed E-state index contributed by atoms with van der Waals surface area (Å²) in [5, 5.41) is 0.211. The van der Waals surface area contributed by atoms with E-state index in [1.54, 1.807) is 12.2 Å². The molecule has 2 heteroatoms. The Hall–Kier alpha value is -0.560. The first-order valence-electron chi connectivity index (χ1n) is 2.58. The van der Waals surface area contributed by atoms with Gasteiger partial charge in [0.2, 0.25) is 0 Å². The van der Waals surface area contributed by atoms with Gasteiger partial charge >= 0.3 is 0 Å². The molecule has 0 heterocycles. The van der Waals surface area contributed by atoms with Crippen LogP contribution in [0.2, 0.25) is 0 Å². The summed E-state index contributed by atoms with van der Waals surface area (Å²) in [7, 11) is 0. The van der Waals surface area contributed by atoms with Crippen LogP contribution < -0.4 is 0 Å². The second kappa shape index (κ2) is 2.36. The zero-order valence-electron chi connectivity index (χ0n) is 4.77. The average Bonchev–Trinajstić information content (AvgIpc) is 1.83. The number of halogens is 2. The topological polar surface area (TPSA) is 0 Å². The van der Waals surface area contributed by atoms with Gasteiger partial charge in [-0.25, -0.2) is 4.39 Å². The minimum Gasteiger partial charge on any atom is -0.236 e. The number of allylic oxidation sites excluding steroid dienone is 5. The Morgan fingerprint density at radius 1 is 1.67 bits per heavy atom. The first-order valence-corrected chi connectivity index (χ1v) is 2.96. The number of hydrogen-bond acceptors (Lipinski definition) is 0. The van der Waals surface area contributed by atoms with Crippen molar-refractivity contribution in [3.05, 3.63) is 35.4 Å². The highest BCUT2D eigenvalue weighted by atomic mass is 35.5. The minimum absolute atomic E-state index is 0.211. The standard InChI is InChI=1S/C7H6ClF/c1-5-3-2-4-6(8)7(5)9/h2-4,7H,1H2. The molecule has 1 atom stereocenters. The maximum atomic E-state index is 12.6. The van der Waals surface area contributed by atoms with E-state index in [4.69, 9.17) is 11.6 Å². The summed E-state index contributed by atoms with van der Waals surface area (Å²) in [6, 6.07) is 0. The van der Waals surface area contributed by atoms with Crippen molar-refractivity contribution in [1.82, 2.24) is 0 Å². The fourth-order valence-corrected chi connectivity index (χ4v) is 0.823. The quantitative estimate of drug-likeness (QED) is 0.490. The van der Waals surface area contributed by atoms with Gasteiger partial charge in [-0.1, -0.05) is 30.3 Å². The van der Waals surface area contributed by atoms with Crippen LogP contribution in [0, 0.1) is 0 Å². The van der Waals surface area contributed by atoms with Crippen LogP contribution in [0.15, 0.2) is 35.4 Å². The van der Waals surface area contributed by atoms with Crippen LogP contribution in [-0.4, -0.2) is 6.17 Å². The molecule has 0 aromatic heterocycles. The van der Waals surface area contributed by atoms with Gasteiger partial charge in [0.25, 0.3) is 0 Å². The fraction of sp³-hybridized carbons (Fsp3) is 0.143. The molecule has 0 saturated heterocycles. The first kappa shape index (κ1) is 6.56. The van der Waals surface area contributed by atoms with E-state index in [1.807, 2.05) is 0 Å². The lowest BCUT2D eigenvalue weighted by Gasteiger charge is -2.08. The van der Waals surface area contributed by atoms with E-state index in [1.165, 1.54) is 6.08 Å². The minimum atomic E-state index is -1.18. The molecule has 48 valence electrons. The van der Waals surface area contributed by atoms with Crippen LogP contribution in [0.25, 0.3) is 0 Å². The molecule has 0 spiro atoms. The van der Waals surface area contributed by atoms with Gasteiger partial charge in [-0.2, -0.15) is 0 Å². The lowest BCUT2D eigenvalue weighted by molar-refractivity contribution is 0.448. The third-order valence-electron chi connectivity index (χ3n) is 1.13. The summed E-state index contributed by atoms with van der Waals surface area (Å²) in [6.45, 7) is 3.46. The van der Waals surface area contributed by atoms with E-state index in [0.717, 1.165) is 0 Å². The summed E-state index contributed by atoms with van der Waals surface area (Å²) in [5.74, 6) is 0. The number of rotatable bonds is 0. The van der Waals surface area contributed by atoms with Gasteiger partial charge in [-0.05, 0) is 11.6 Å². The van der Waals surface area contributed by atoms with Crippen molar-refractivity contribution in [3.8, 4) is 0 Å². The van der Waals surface area contributed by atoms with E-state index in [2.05, 4.69) is 6.58 Å². The lowest BCUT2D eigenvalue weighted by Crippen LogP contribution is -2.03. The second-order valence-corrected chi connectivity index (χ2v) is 2.28. The van der Waals surface area contributed by atoms with Gasteiger partial charge in [0.1, 0.15) is 0 Å². The molecule has 0 fully saturated rings. The van der Waals surface area contributed by atoms with Crippen LogP contribution in [0.5, 0.6) is 0 Å². The van der Waals surface area contributed by atoms with Crippen LogP contribution in [0.1, 0.15) is 0 Å². The normalized spacial score (nSPS) is 26.2. The smallest absolute Gasteiger partial charge is 0.160 e. The van der Waals surface area contributed by atoms with Gasteiger partial charge in [-0.3, -0.25) is 0 Å². The van der Waals surface area contributed by atoms with E-state index in [-0.39, 0.29) is 5.03 Å². The van der Waals surface area contributed by atoms with Crippen LogP contribution >= 0.6 is 11.6 Å². The van der Waals surface area contributed by atoms with Gasteiger partial charge in [0, 0.05) is 0 Å². The molecular weight excluding hydrogens is 139 g/mol. The highest BCUT2D eigenvalue weighted by Crippen LogP contribution is 2.22. The summed E-state index contributed by atoms with van der Waals surface area (Å²) >= 11 is 5.44. The summed E-state index contributed by atoms with van der Waals surface area (Å²) in [6.07, 6.45) is 3.63. The predicted octanol–water partition coefficient (Wildman–Crippen LogP) is 2.57. The van der Waals surface area contributed by atoms with Crippen molar-refractivity contribution < 1.29 is 4.39 Å². The molecule has 0 aromatic carbocycles. The van der Waals surface area contributed by atoms with Crippen molar-refractivity contribution >= 4 is 11.6 Å².